The average Bonchev–Trinajstić information content (AvgIpc) is 1.90. The van der Waals surface area contributed by atoms with Crippen molar-refractivity contribution >= 4 is 29.9 Å². The van der Waals surface area contributed by atoms with Crippen LogP contribution < -0.4 is 10.6 Å². The largest absolute Gasteiger partial charge is 0.392 e. The SMILES string of the molecule is CN=C(NC)NC[C@@H](C)O.I. The van der Waals surface area contributed by atoms with Crippen molar-refractivity contribution in [3.63, 3.8) is 0 Å². The molecule has 1 atom stereocenters. The van der Waals surface area contributed by atoms with Crippen molar-refractivity contribution in [2.75, 3.05) is 20.6 Å². The molecule has 0 aliphatic carbocycles. The van der Waals surface area contributed by atoms with E-state index < -0.39 is 0 Å². The van der Waals surface area contributed by atoms with Gasteiger partial charge in [-0.2, -0.15) is 0 Å². The van der Waals surface area contributed by atoms with Crippen LogP contribution in [0.5, 0.6) is 0 Å². The standard InChI is InChI=1S/C6H15N3O.HI/c1-5(10)4-9-6(7-2)8-3;/h5,10H,4H2,1-3H3,(H2,7,8,9);1H/t5-;/m1./s1. The maximum absolute atomic E-state index is 8.85. The van der Waals surface area contributed by atoms with Crippen molar-refractivity contribution in [3.8, 4) is 0 Å². The van der Waals surface area contributed by atoms with Gasteiger partial charge in [0.2, 0.25) is 0 Å². The minimum Gasteiger partial charge on any atom is -0.392 e. The molecule has 68 valence electrons. The summed E-state index contributed by atoms with van der Waals surface area (Å²) in [7, 11) is 3.46. The van der Waals surface area contributed by atoms with E-state index in [1.807, 2.05) is 0 Å². The molecule has 0 aliphatic rings. The van der Waals surface area contributed by atoms with Crippen LogP contribution in [0.2, 0.25) is 0 Å². The van der Waals surface area contributed by atoms with Crippen molar-refractivity contribution in [2.24, 2.45) is 4.99 Å². The lowest BCUT2D eigenvalue weighted by Gasteiger charge is -2.09. The van der Waals surface area contributed by atoms with E-state index in [2.05, 4.69) is 15.6 Å². The van der Waals surface area contributed by atoms with Gasteiger partial charge in [0.1, 0.15) is 0 Å². The van der Waals surface area contributed by atoms with Crippen LogP contribution in [0.1, 0.15) is 6.92 Å². The van der Waals surface area contributed by atoms with Gasteiger partial charge in [-0.05, 0) is 6.92 Å². The number of nitrogens with one attached hydrogen (secondary N) is 2. The van der Waals surface area contributed by atoms with Crippen LogP contribution in [-0.2, 0) is 0 Å². The second-order valence-electron chi connectivity index (χ2n) is 2.05. The molecule has 0 aromatic carbocycles. The molecule has 0 rings (SSSR count). The van der Waals surface area contributed by atoms with Gasteiger partial charge < -0.3 is 15.7 Å². The van der Waals surface area contributed by atoms with Crippen LogP contribution in [-0.4, -0.2) is 37.8 Å². The maximum Gasteiger partial charge on any atom is 0.190 e. The summed E-state index contributed by atoms with van der Waals surface area (Å²) < 4.78 is 0. The summed E-state index contributed by atoms with van der Waals surface area (Å²) in [6, 6.07) is 0. The molecule has 0 aromatic rings. The molecule has 0 radical (unpaired) electrons. The number of aliphatic imine (C=N–C) groups is 1. The fraction of sp³-hybridized carbons (Fsp3) is 0.833. The molecule has 11 heavy (non-hydrogen) atoms. The highest BCUT2D eigenvalue weighted by Crippen LogP contribution is 1.73. The maximum atomic E-state index is 8.85. The van der Waals surface area contributed by atoms with Gasteiger partial charge in [-0.1, -0.05) is 0 Å². The molecule has 0 saturated heterocycles. The first kappa shape index (κ1) is 13.5. The lowest BCUT2D eigenvalue weighted by molar-refractivity contribution is 0.197. The molecule has 0 aromatic heterocycles. The second-order valence-corrected chi connectivity index (χ2v) is 2.05. The minimum absolute atomic E-state index is 0. The predicted octanol–water partition coefficient (Wildman–Crippen LogP) is -0.220. The van der Waals surface area contributed by atoms with Crippen molar-refractivity contribution in [3.05, 3.63) is 0 Å². The van der Waals surface area contributed by atoms with Crippen LogP contribution >= 0.6 is 24.0 Å². The Hall–Kier alpha value is -0.0400. The topological polar surface area (TPSA) is 56.7 Å². The third-order valence-corrected chi connectivity index (χ3v) is 1.03. The Morgan fingerprint density at radius 2 is 2.18 bits per heavy atom. The van der Waals surface area contributed by atoms with Gasteiger partial charge in [-0.25, -0.2) is 0 Å². The van der Waals surface area contributed by atoms with E-state index in [9.17, 15) is 0 Å². The molecule has 0 aliphatic heterocycles. The van der Waals surface area contributed by atoms with Gasteiger partial charge in [0, 0.05) is 20.6 Å². The molecule has 0 unspecified atom stereocenters. The molecule has 0 saturated carbocycles. The summed E-state index contributed by atoms with van der Waals surface area (Å²) >= 11 is 0. The fourth-order valence-electron chi connectivity index (χ4n) is 0.524. The molecule has 0 heterocycles. The van der Waals surface area contributed by atoms with Gasteiger partial charge in [0.25, 0.3) is 0 Å². The van der Waals surface area contributed by atoms with Gasteiger partial charge in [-0.15, -0.1) is 24.0 Å². The van der Waals surface area contributed by atoms with Gasteiger partial charge in [0.15, 0.2) is 5.96 Å². The zero-order valence-corrected chi connectivity index (χ0v) is 9.42. The van der Waals surface area contributed by atoms with E-state index in [1.165, 1.54) is 0 Å². The molecular weight excluding hydrogens is 257 g/mol. The quantitative estimate of drug-likeness (QED) is 0.370. The second kappa shape index (κ2) is 8.06. The normalized spacial score (nSPS) is 13.3. The third-order valence-electron chi connectivity index (χ3n) is 1.03. The fourth-order valence-corrected chi connectivity index (χ4v) is 0.524. The van der Waals surface area contributed by atoms with Gasteiger partial charge >= 0.3 is 0 Å². The van der Waals surface area contributed by atoms with Gasteiger partial charge in [0.05, 0.1) is 6.10 Å². The van der Waals surface area contributed by atoms with Crippen LogP contribution in [0.3, 0.4) is 0 Å². The Labute approximate surface area is 84.5 Å². The number of hydrogen-bond acceptors (Lipinski definition) is 2. The number of aliphatic hydroxyl groups is 1. The number of rotatable bonds is 2. The average molecular weight is 273 g/mol. The zero-order valence-electron chi connectivity index (χ0n) is 7.09. The molecule has 5 heteroatoms. The van der Waals surface area contributed by atoms with Crippen molar-refractivity contribution in [1.82, 2.24) is 10.6 Å². The number of aliphatic hydroxyl groups excluding tert-OH is 1. The Morgan fingerprint density at radius 1 is 1.64 bits per heavy atom. The van der Waals surface area contributed by atoms with Crippen molar-refractivity contribution in [2.45, 2.75) is 13.0 Å². The third kappa shape index (κ3) is 7.86. The Morgan fingerprint density at radius 3 is 2.45 bits per heavy atom. The Bertz CT molecular complexity index is 116. The lowest BCUT2D eigenvalue weighted by Crippen LogP contribution is -2.38. The monoisotopic (exact) mass is 273 g/mol. The number of guanidine groups is 1. The van der Waals surface area contributed by atoms with E-state index in [1.54, 1.807) is 21.0 Å². The number of hydrogen-bond donors (Lipinski definition) is 3. The molecule has 4 nitrogen and oxygen atoms in total. The minimum atomic E-state index is -0.343. The summed E-state index contributed by atoms with van der Waals surface area (Å²) in [4.78, 5) is 3.86. The van der Waals surface area contributed by atoms with E-state index in [0.717, 1.165) is 0 Å². The molecule has 0 fully saturated rings. The summed E-state index contributed by atoms with van der Waals surface area (Å²) in [5.74, 6) is 0.695. The number of halogens is 1. The van der Waals surface area contributed by atoms with Crippen LogP contribution in [0.15, 0.2) is 4.99 Å². The lowest BCUT2D eigenvalue weighted by atomic mass is 10.4. The highest BCUT2D eigenvalue weighted by molar-refractivity contribution is 14.0. The van der Waals surface area contributed by atoms with Crippen molar-refractivity contribution in [1.29, 1.82) is 0 Å². The molecule has 0 bridgehead atoms. The van der Waals surface area contributed by atoms with Gasteiger partial charge in [-0.3, -0.25) is 4.99 Å². The van der Waals surface area contributed by atoms with Crippen LogP contribution in [0.4, 0.5) is 0 Å². The van der Waals surface area contributed by atoms with E-state index in [4.69, 9.17) is 5.11 Å². The first-order valence-electron chi connectivity index (χ1n) is 3.27. The summed E-state index contributed by atoms with van der Waals surface area (Å²) in [6.45, 7) is 2.24. The summed E-state index contributed by atoms with van der Waals surface area (Å²) in [6.07, 6.45) is -0.343. The van der Waals surface area contributed by atoms with Crippen LogP contribution in [0, 0.1) is 0 Å². The highest BCUT2D eigenvalue weighted by Gasteiger charge is 1.95. The molecule has 0 spiro atoms. The van der Waals surface area contributed by atoms with Crippen molar-refractivity contribution < 1.29 is 5.11 Å². The molecule has 0 amide bonds. The smallest absolute Gasteiger partial charge is 0.190 e. The zero-order chi connectivity index (χ0) is 7.98. The Balaban J connectivity index is 0. The first-order valence-corrected chi connectivity index (χ1v) is 3.27. The van der Waals surface area contributed by atoms with E-state index >= 15 is 0 Å². The van der Waals surface area contributed by atoms with Crippen LogP contribution in [0.25, 0.3) is 0 Å². The highest BCUT2D eigenvalue weighted by atomic mass is 127. The number of nitrogens with zero attached hydrogens (tertiary/aromatic N) is 1. The Kier molecular flexibility index (Phi) is 9.92. The van der Waals surface area contributed by atoms with E-state index in [0.29, 0.717) is 12.5 Å². The predicted molar refractivity (Wildman–Crippen MR) is 57.5 cm³/mol. The summed E-state index contributed by atoms with van der Waals surface area (Å²) in [5, 5.41) is 14.6. The molecule has 3 N–H and O–H groups in total. The molecular formula is C6H16IN3O. The summed E-state index contributed by atoms with van der Waals surface area (Å²) in [5.41, 5.74) is 0. The van der Waals surface area contributed by atoms with E-state index in [-0.39, 0.29) is 30.1 Å². The first-order chi connectivity index (χ1) is 4.70.